The Balaban J connectivity index is 1.37. The zero-order chi connectivity index (χ0) is 16.6. The van der Waals surface area contributed by atoms with Crippen molar-refractivity contribution in [2.24, 2.45) is 0 Å². The van der Waals surface area contributed by atoms with Crippen LogP contribution in [0.4, 0.5) is 0 Å². The number of rotatable bonds is 4. The quantitative estimate of drug-likeness (QED) is 0.448. The van der Waals surface area contributed by atoms with E-state index in [1.807, 2.05) is 48.7 Å². The predicted octanol–water partition coefficient (Wildman–Crippen LogP) is 5.12. The predicted molar refractivity (Wildman–Crippen MR) is 101 cm³/mol. The summed E-state index contributed by atoms with van der Waals surface area (Å²) in [5.74, 6) is 1.25. The molecule has 0 radical (unpaired) electrons. The first-order chi connectivity index (χ1) is 12.4. The molecule has 3 heterocycles. The van der Waals surface area contributed by atoms with E-state index in [4.69, 9.17) is 4.42 Å². The van der Waals surface area contributed by atoms with Gasteiger partial charge in [0, 0.05) is 17.1 Å². The molecule has 0 spiro atoms. The fraction of sp³-hybridized carbons (Fsp3) is 0.0556. The summed E-state index contributed by atoms with van der Waals surface area (Å²) in [5, 5.41) is 11.0. The summed E-state index contributed by atoms with van der Waals surface area (Å²) in [4.78, 5) is 7.85. The molecule has 5 nitrogen and oxygen atoms in total. The Morgan fingerprint density at radius 2 is 1.92 bits per heavy atom. The maximum Gasteiger partial charge on any atom is 0.277 e. The Hall–Kier alpha value is -2.64. The van der Waals surface area contributed by atoms with Crippen LogP contribution in [0.5, 0.6) is 0 Å². The first-order valence-corrected chi connectivity index (χ1v) is 9.54. The number of nitrogens with zero attached hydrogens (tertiary/aromatic N) is 3. The molecule has 2 aromatic carbocycles. The Kier molecular flexibility index (Phi) is 3.53. The number of hydrogen-bond acceptors (Lipinski definition) is 6. The van der Waals surface area contributed by atoms with Gasteiger partial charge in [0.2, 0.25) is 0 Å². The van der Waals surface area contributed by atoms with Gasteiger partial charge in [0.1, 0.15) is 5.01 Å². The van der Waals surface area contributed by atoms with Crippen LogP contribution < -0.4 is 0 Å². The third-order valence-electron chi connectivity index (χ3n) is 3.88. The van der Waals surface area contributed by atoms with Crippen LogP contribution >= 0.6 is 23.1 Å². The average molecular weight is 364 g/mol. The van der Waals surface area contributed by atoms with Crippen LogP contribution in [0, 0.1) is 0 Å². The highest BCUT2D eigenvalue weighted by atomic mass is 32.2. The standard InChI is InChI=1S/C18H12N4OS2/c1-2-6-13-11(5-1)12(9-19-13)17-21-22-18(23-17)24-10-16-20-14-7-3-4-8-15(14)25-16/h1-9,19H,10H2. The van der Waals surface area contributed by atoms with Crippen molar-refractivity contribution in [1.82, 2.24) is 20.2 Å². The van der Waals surface area contributed by atoms with Gasteiger partial charge >= 0.3 is 0 Å². The molecule has 0 amide bonds. The Morgan fingerprint density at radius 1 is 1.04 bits per heavy atom. The number of aromatic amines is 1. The molecular weight excluding hydrogens is 352 g/mol. The number of thiazole rings is 1. The Labute approximate surface area is 151 Å². The first kappa shape index (κ1) is 14.7. The molecule has 0 aliphatic rings. The second-order valence-corrected chi connectivity index (χ2v) is 7.53. The van der Waals surface area contributed by atoms with Crippen LogP contribution in [-0.2, 0) is 5.75 Å². The van der Waals surface area contributed by atoms with Crippen molar-refractivity contribution in [2.45, 2.75) is 11.0 Å². The number of hydrogen-bond donors (Lipinski definition) is 1. The van der Waals surface area contributed by atoms with Gasteiger partial charge < -0.3 is 9.40 Å². The normalized spacial score (nSPS) is 11.5. The van der Waals surface area contributed by atoms with E-state index in [1.54, 1.807) is 11.3 Å². The molecule has 25 heavy (non-hydrogen) atoms. The second kappa shape index (κ2) is 6.02. The minimum Gasteiger partial charge on any atom is -0.411 e. The van der Waals surface area contributed by atoms with Crippen molar-refractivity contribution in [3.05, 3.63) is 59.7 Å². The van der Waals surface area contributed by atoms with Crippen LogP contribution in [0.1, 0.15) is 5.01 Å². The maximum atomic E-state index is 5.83. The van der Waals surface area contributed by atoms with Gasteiger partial charge in [-0.2, -0.15) is 0 Å². The number of thioether (sulfide) groups is 1. The average Bonchev–Trinajstić information content (AvgIpc) is 3.36. The maximum absolute atomic E-state index is 5.83. The molecule has 0 saturated heterocycles. The summed E-state index contributed by atoms with van der Waals surface area (Å²) in [6.45, 7) is 0. The van der Waals surface area contributed by atoms with Gasteiger partial charge in [-0.1, -0.05) is 42.1 Å². The minimum atomic E-state index is 0.532. The molecule has 5 rings (SSSR count). The molecule has 7 heteroatoms. The van der Waals surface area contributed by atoms with E-state index in [0.717, 1.165) is 32.7 Å². The summed E-state index contributed by atoms with van der Waals surface area (Å²) in [6.07, 6.45) is 1.90. The van der Waals surface area contributed by atoms with Crippen LogP contribution in [0.3, 0.4) is 0 Å². The molecule has 0 atom stereocenters. The smallest absolute Gasteiger partial charge is 0.277 e. The van der Waals surface area contributed by atoms with Crippen molar-refractivity contribution in [2.75, 3.05) is 0 Å². The number of benzene rings is 2. The number of para-hydroxylation sites is 2. The topological polar surface area (TPSA) is 67.6 Å². The first-order valence-electron chi connectivity index (χ1n) is 7.74. The molecule has 122 valence electrons. The monoisotopic (exact) mass is 364 g/mol. The SMILES string of the molecule is c1ccc2sc(CSc3nnc(-c4c[nH]c5ccccc45)o3)nc2c1. The van der Waals surface area contributed by atoms with Crippen molar-refractivity contribution in [1.29, 1.82) is 0 Å². The van der Waals surface area contributed by atoms with E-state index in [1.165, 1.54) is 16.5 Å². The summed E-state index contributed by atoms with van der Waals surface area (Å²) < 4.78 is 7.03. The van der Waals surface area contributed by atoms with Crippen LogP contribution in [0.2, 0.25) is 0 Å². The zero-order valence-electron chi connectivity index (χ0n) is 13.0. The van der Waals surface area contributed by atoms with Gasteiger partial charge in [-0.3, -0.25) is 0 Å². The van der Waals surface area contributed by atoms with Gasteiger partial charge in [0.25, 0.3) is 11.1 Å². The van der Waals surface area contributed by atoms with Gasteiger partial charge in [0.05, 0.1) is 21.5 Å². The molecule has 1 N–H and O–H groups in total. The van der Waals surface area contributed by atoms with E-state index in [0.29, 0.717) is 11.1 Å². The highest BCUT2D eigenvalue weighted by molar-refractivity contribution is 7.98. The third-order valence-corrected chi connectivity index (χ3v) is 5.93. The van der Waals surface area contributed by atoms with E-state index < -0.39 is 0 Å². The van der Waals surface area contributed by atoms with Gasteiger partial charge in [-0.15, -0.1) is 21.5 Å². The molecular formula is C18H12N4OS2. The summed E-state index contributed by atoms with van der Waals surface area (Å²) in [5.41, 5.74) is 3.02. The van der Waals surface area contributed by atoms with Crippen molar-refractivity contribution >= 4 is 44.2 Å². The molecule has 5 aromatic rings. The second-order valence-electron chi connectivity index (χ2n) is 5.49. The molecule has 0 fully saturated rings. The summed E-state index contributed by atoms with van der Waals surface area (Å²) in [6, 6.07) is 16.2. The van der Waals surface area contributed by atoms with E-state index in [9.17, 15) is 0 Å². The lowest BCUT2D eigenvalue weighted by molar-refractivity contribution is 0.466. The van der Waals surface area contributed by atoms with Crippen LogP contribution in [0.25, 0.3) is 32.6 Å². The molecule has 3 aromatic heterocycles. The largest absolute Gasteiger partial charge is 0.411 e. The van der Waals surface area contributed by atoms with E-state index in [-0.39, 0.29) is 0 Å². The number of nitrogens with one attached hydrogen (secondary N) is 1. The van der Waals surface area contributed by atoms with E-state index >= 15 is 0 Å². The highest BCUT2D eigenvalue weighted by Crippen LogP contribution is 2.31. The van der Waals surface area contributed by atoms with Gasteiger partial charge in [-0.05, 0) is 18.2 Å². The molecule has 0 aliphatic carbocycles. The van der Waals surface area contributed by atoms with E-state index in [2.05, 4.69) is 26.2 Å². The van der Waals surface area contributed by atoms with Crippen molar-refractivity contribution in [3.8, 4) is 11.5 Å². The third kappa shape index (κ3) is 2.71. The lowest BCUT2D eigenvalue weighted by Gasteiger charge is -1.93. The summed E-state index contributed by atoms with van der Waals surface area (Å²) in [7, 11) is 0. The molecule has 0 bridgehead atoms. The fourth-order valence-electron chi connectivity index (χ4n) is 2.73. The van der Waals surface area contributed by atoms with Crippen LogP contribution in [-0.4, -0.2) is 20.2 Å². The fourth-order valence-corrected chi connectivity index (χ4v) is 4.45. The summed E-state index contributed by atoms with van der Waals surface area (Å²) >= 11 is 3.21. The molecule has 0 unspecified atom stereocenters. The minimum absolute atomic E-state index is 0.532. The number of aromatic nitrogens is 4. The molecule has 0 aliphatic heterocycles. The number of fused-ring (bicyclic) bond motifs is 2. The Morgan fingerprint density at radius 3 is 2.88 bits per heavy atom. The van der Waals surface area contributed by atoms with Gasteiger partial charge in [0.15, 0.2) is 0 Å². The van der Waals surface area contributed by atoms with Gasteiger partial charge in [-0.25, -0.2) is 4.98 Å². The number of H-pyrrole nitrogens is 1. The Bertz CT molecular complexity index is 1140. The highest BCUT2D eigenvalue weighted by Gasteiger charge is 2.14. The zero-order valence-corrected chi connectivity index (χ0v) is 14.6. The van der Waals surface area contributed by atoms with Crippen molar-refractivity contribution in [3.63, 3.8) is 0 Å². The molecule has 0 saturated carbocycles. The lowest BCUT2D eigenvalue weighted by atomic mass is 10.2. The van der Waals surface area contributed by atoms with Crippen molar-refractivity contribution < 1.29 is 4.42 Å². The lowest BCUT2D eigenvalue weighted by Crippen LogP contribution is -1.78. The van der Waals surface area contributed by atoms with Crippen LogP contribution in [0.15, 0.2) is 64.4 Å².